The number of amides is 3. The Morgan fingerprint density at radius 1 is 1.12 bits per heavy atom. The third-order valence-electron chi connectivity index (χ3n) is 12.4. The van der Waals surface area contributed by atoms with Crippen LogP contribution in [0.4, 0.5) is 10.5 Å². The zero-order valence-corrected chi connectivity index (χ0v) is 42.3. The maximum Gasteiger partial charge on any atom is 0.409 e. The molecule has 4 rings (SSSR count). The predicted molar refractivity (Wildman–Crippen MR) is 253 cm³/mol. The van der Waals surface area contributed by atoms with E-state index in [1.807, 2.05) is 50.9 Å². The highest BCUT2D eigenvalue weighted by atomic mass is 35.5. The highest BCUT2D eigenvalue weighted by molar-refractivity contribution is 6.34. The molecule has 0 radical (unpaired) electrons. The van der Waals surface area contributed by atoms with Gasteiger partial charge in [-0.05, 0) is 72.1 Å². The van der Waals surface area contributed by atoms with E-state index in [-0.39, 0.29) is 71.0 Å². The van der Waals surface area contributed by atoms with Gasteiger partial charge in [-0.3, -0.25) is 19.7 Å². The Bertz CT molecular complexity index is 1980. The number of ether oxygens (including phenoxy) is 8. The lowest BCUT2D eigenvalue weighted by atomic mass is 9.83. The van der Waals surface area contributed by atoms with Crippen LogP contribution in [0.1, 0.15) is 86.1 Å². The van der Waals surface area contributed by atoms with Crippen molar-refractivity contribution in [1.82, 2.24) is 15.5 Å². The van der Waals surface area contributed by atoms with Crippen LogP contribution in [-0.4, -0.2) is 161 Å². The third-order valence-corrected chi connectivity index (χ3v) is 12.7. The number of nitrogens with zero attached hydrogens (tertiary/aromatic N) is 2. The van der Waals surface area contributed by atoms with Gasteiger partial charge in [0.25, 0.3) is 0 Å². The Kier molecular flexibility index (Phi) is 20.5. The molecule has 2 fully saturated rings. The molecule has 3 heterocycles. The summed E-state index contributed by atoms with van der Waals surface area (Å²) in [5.41, 5.74) is 5.06. The molecule has 1 aromatic rings. The number of benzene rings is 1. The molecule has 0 aromatic heterocycles. The number of carbonyl (C=O) groups is 5. The minimum absolute atomic E-state index is 0.0143. The SMILES string of the molecule is COc1cc2cc(c1Cl)N(C)CC[C@H](OC(=O)[C@H](C)N(C)C(=O)CCOCCOCCNC(=O)[C@@H](N)CCC(=O)OC(C)(C)C)[C@]1(C)OC1[C@H](C)[C@@H]1C[C@@](O)(NC(=O)O1)[C@H](OC)/C=C/C=C(\C)C2. The predicted octanol–water partition coefficient (Wildman–Crippen LogP) is 3.98. The number of likely N-dealkylation sites (N-methyl/N-ethyl adjacent to an activating group) is 1. The molecule has 1 unspecified atom stereocenters. The normalized spacial score (nSPS) is 27.4. The van der Waals surface area contributed by atoms with E-state index in [0.717, 1.165) is 11.1 Å². The number of fused-ring (bicyclic) bond motifs is 5. The van der Waals surface area contributed by atoms with Crippen LogP contribution in [0.5, 0.6) is 5.75 Å². The zero-order valence-electron chi connectivity index (χ0n) is 41.5. The molecule has 19 nitrogen and oxygen atoms in total. The number of alkyl carbamates (subject to hydrolysis) is 1. The summed E-state index contributed by atoms with van der Waals surface area (Å²) in [4.78, 5) is 67.6. The summed E-state index contributed by atoms with van der Waals surface area (Å²) >= 11 is 6.88. The van der Waals surface area contributed by atoms with Gasteiger partial charge in [0.1, 0.15) is 46.3 Å². The van der Waals surface area contributed by atoms with Crippen molar-refractivity contribution >= 4 is 47.1 Å². The topological polar surface area (TPSA) is 239 Å². The summed E-state index contributed by atoms with van der Waals surface area (Å²) in [6, 6.07) is 2.02. The summed E-state index contributed by atoms with van der Waals surface area (Å²) in [7, 11) is 6.40. The average Bonchev–Trinajstić information content (AvgIpc) is 3.97. The summed E-state index contributed by atoms with van der Waals surface area (Å²) < 4.78 is 46.1. The van der Waals surface area contributed by atoms with Gasteiger partial charge in [-0.2, -0.15) is 0 Å². The smallest absolute Gasteiger partial charge is 0.409 e. The molecule has 3 aliphatic heterocycles. The number of hydrogen-bond donors (Lipinski definition) is 4. The van der Waals surface area contributed by atoms with Crippen molar-refractivity contribution in [2.24, 2.45) is 11.7 Å². The second-order valence-corrected chi connectivity index (χ2v) is 19.3. The van der Waals surface area contributed by atoms with E-state index in [9.17, 15) is 29.1 Å². The van der Waals surface area contributed by atoms with Gasteiger partial charge in [0.05, 0.1) is 57.8 Å². The first-order chi connectivity index (χ1) is 31.9. The van der Waals surface area contributed by atoms with Gasteiger partial charge >= 0.3 is 18.0 Å². The van der Waals surface area contributed by atoms with Crippen LogP contribution in [0.15, 0.2) is 35.9 Å². The van der Waals surface area contributed by atoms with Gasteiger partial charge in [0, 0.05) is 59.5 Å². The number of nitrogens with two attached hydrogens (primary N) is 1. The average molecular weight is 981 g/mol. The van der Waals surface area contributed by atoms with Crippen molar-refractivity contribution in [1.29, 1.82) is 0 Å². The fourth-order valence-electron chi connectivity index (χ4n) is 8.19. The fraction of sp³-hybridized carbons (Fsp3) is 0.688. The van der Waals surface area contributed by atoms with Crippen LogP contribution in [0.2, 0.25) is 5.02 Å². The van der Waals surface area contributed by atoms with Gasteiger partial charge in [0.2, 0.25) is 11.8 Å². The van der Waals surface area contributed by atoms with E-state index in [4.69, 9.17) is 55.2 Å². The van der Waals surface area contributed by atoms with Crippen molar-refractivity contribution in [3.63, 3.8) is 0 Å². The number of rotatable bonds is 18. The van der Waals surface area contributed by atoms with Crippen LogP contribution < -0.4 is 26.0 Å². The van der Waals surface area contributed by atoms with Gasteiger partial charge < -0.3 is 63.9 Å². The monoisotopic (exact) mass is 979 g/mol. The summed E-state index contributed by atoms with van der Waals surface area (Å²) in [6.07, 6.45) is 2.41. The Morgan fingerprint density at radius 2 is 1.81 bits per heavy atom. The van der Waals surface area contributed by atoms with Gasteiger partial charge in [-0.25, -0.2) is 9.59 Å². The Morgan fingerprint density at radius 3 is 2.47 bits per heavy atom. The zero-order chi connectivity index (χ0) is 50.6. The molecule has 68 heavy (non-hydrogen) atoms. The Hall–Kier alpha value is -4.50. The van der Waals surface area contributed by atoms with E-state index in [1.165, 1.54) is 19.1 Å². The second-order valence-electron chi connectivity index (χ2n) is 19.0. The summed E-state index contributed by atoms with van der Waals surface area (Å²) in [5.74, 6) is -1.79. The molecule has 2 saturated heterocycles. The lowest BCUT2D eigenvalue weighted by Crippen LogP contribution is -2.63. The lowest BCUT2D eigenvalue weighted by Gasteiger charge is -2.42. The van der Waals surface area contributed by atoms with Crippen molar-refractivity contribution in [3.05, 3.63) is 46.5 Å². The first-order valence-corrected chi connectivity index (χ1v) is 23.5. The van der Waals surface area contributed by atoms with E-state index >= 15 is 0 Å². The number of hydrogen-bond acceptors (Lipinski definition) is 16. The van der Waals surface area contributed by atoms with Crippen LogP contribution in [-0.2, 0) is 58.8 Å². The molecule has 0 spiro atoms. The van der Waals surface area contributed by atoms with Crippen molar-refractivity contribution in [3.8, 4) is 5.75 Å². The molecule has 9 atom stereocenters. The Balaban J connectivity index is 1.36. The molecule has 1 aromatic carbocycles. The van der Waals surface area contributed by atoms with Crippen molar-refractivity contribution in [2.45, 2.75) is 140 Å². The first-order valence-electron chi connectivity index (χ1n) is 23.1. The maximum absolute atomic E-state index is 14.0. The van der Waals surface area contributed by atoms with E-state index in [1.54, 1.807) is 47.0 Å². The quantitative estimate of drug-likeness (QED) is 0.0704. The fourth-order valence-corrected chi connectivity index (χ4v) is 8.52. The molecule has 382 valence electrons. The van der Waals surface area contributed by atoms with Crippen LogP contribution >= 0.6 is 11.6 Å². The number of esters is 2. The van der Waals surface area contributed by atoms with Gasteiger partial charge in [0.15, 0.2) is 5.72 Å². The molecule has 3 aliphatic rings. The van der Waals surface area contributed by atoms with E-state index in [0.29, 0.717) is 29.4 Å². The Labute approximate surface area is 405 Å². The van der Waals surface area contributed by atoms with Gasteiger partial charge in [-0.1, -0.05) is 42.3 Å². The largest absolute Gasteiger partial charge is 0.495 e. The van der Waals surface area contributed by atoms with Crippen molar-refractivity contribution in [2.75, 3.05) is 72.7 Å². The molecular formula is C48H74ClN5O14. The molecule has 0 saturated carbocycles. The highest BCUT2D eigenvalue weighted by Gasteiger charge is 2.64. The molecule has 5 N–H and O–H groups in total. The molecular weight excluding hydrogens is 906 g/mol. The van der Waals surface area contributed by atoms with Crippen molar-refractivity contribution < 1.29 is 67.0 Å². The standard InChI is InChI=1S/C48H74ClN5O14/c1-29-13-12-14-38(62-11)48(60)28-36(65-45(59)52-48)30(2)42-47(7,68-42)37(17-20-53(8)34-26-32(25-29)27-35(61-10)41(34)49)66-44(58)31(3)54(9)39(55)18-21-63-23-24-64-22-19-51-43(57)33(50)15-16-40(56)67-46(4,5)6/h12-14,26-27,30-31,33,36-38,42,60H,15-25,28,50H2,1-11H3,(H,51,57)(H,52,59)/b14-12+,29-13+/t30-,31+,33+,36+,37+,38-,42?,47+,48+/m1/s1. The number of carbonyl (C=O) groups excluding carboxylic acids is 5. The van der Waals surface area contributed by atoms with Gasteiger partial charge in [-0.15, -0.1) is 0 Å². The molecule has 3 amide bonds. The summed E-state index contributed by atoms with van der Waals surface area (Å²) in [5, 5.41) is 17.4. The highest BCUT2D eigenvalue weighted by Crippen LogP contribution is 2.49. The minimum atomic E-state index is -1.81. The van der Waals surface area contributed by atoms with E-state index < -0.39 is 83.3 Å². The number of halogens is 1. The molecule has 0 aliphatic carbocycles. The number of methoxy groups -OCH3 is 2. The maximum atomic E-state index is 14.0. The lowest BCUT2D eigenvalue weighted by molar-refractivity contribution is -0.161. The first kappa shape index (κ1) is 56.1. The number of epoxide rings is 1. The van der Waals surface area contributed by atoms with Crippen LogP contribution in [0.3, 0.4) is 0 Å². The van der Waals surface area contributed by atoms with E-state index in [2.05, 4.69) is 10.6 Å². The second kappa shape index (κ2) is 24.9. The van der Waals surface area contributed by atoms with Crippen LogP contribution in [0, 0.1) is 5.92 Å². The number of aliphatic hydroxyl groups is 1. The number of anilines is 1. The van der Waals surface area contributed by atoms with Crippen LogP contribution in [0.25, 0.3) is 0 Å². The molecule has 4 bridgehead atoms. The summed E-state index contributed by atoms with van der Waals surface area (Å²) in [6.45, 7) is 13.8. The molecule has 20 heteroatoms. The number of nitrogens with one attached hydrogen (secondary N) is 2. The minimum Gasteiger partial charge on any atom is -0.495 e. The number of allylic oxidation sites excluding steroid dienone is 3. The third kappa shape index (κ3) is 15.8.